The van der Waals surface area contributed by atoms with Crippen LogP contribution in [0.15, 0.2) is 35.3 Å². The predicted molar refractivity (Wildman–Crippen MR) is 184 cm³/mol. The van der Waals surface area contributed by atoms with Gasteiger partial charge in [0, 0.05) is 18.7 Å². The van der Waals surface area contributed by atoms with Crippen LogP contribution in [-0.2, 0) is 49.6 Å². The van der Waals surface area contributed by atoms with Gasteiger partial charge >= 0.3 is 11.9 Å². The number of carboxylic acid groups (broad SMARTS) is 2. The van der Waals surface area contributed by atoms with Crippen molar-refractivity contribution >= 4 is 71.9 Å². The van der Waals surface area contributed by atoms with Crippen molar-refractivity contribution in [3.05, 3.63) is 35.9 Å². The quantitative estimate of drug-likeness (QED) is 0.0436. The van der Waals surface area contributed by atoms with E-state index in [0.29, 0.717) is 5.56 Å². The molecular formula is C30H42N10O11S. The monoisotopic (exact) mass is 750 g/mol. The van der Waals surface area contributed by atoms with Gasteiger partial charge in [-0.1, -0.05) is 30.3 Å². The minimum absolute atomic E-state index is 0.0436. The van der Waals surface area contributed by atoms with Gasteiger partial charge in [0.25, 0.3) is 0 Å². The number of amides is 7. The summed E-state index contributed by atoms with van der Waals surface area (Å²) in [7, 11) is 0. The van der Waals surface area contributed by atoms with Crippen LogP contribution < -0.4 is 48.7 Å². The van der Waals surface area contributed by atoms with E-state index in [-0.39, 0.29) is 37.5 Å². The number of carboxylic acids is 2. The van der Waals surface area contributed by atoms with E-state index < -0.39 is 109 Å². The van der Waals surface area contributed by atoms with Crippen molar-refractivity contribution in [2.75, 3.05) is 25.4 Å². The average molecular weight is 751 g/mol. The summed E-state index contributed by atoms with van der Waals surface area (Å²) >= 11 is 4.11. The van der Waals surface area contributed by atoms with Gasteiger partial charge in [0.2, 0.25) is 41.4 Å². The van der Waals surface area contributed by atoms with E-state index in [4.69, 9.17) is 11.5 Å². The summed E-state index contributed by atoms with van der Waals surface area (Å²) in [5, 5.41) is 34.9. The zero-order chi connectivity index (χ0) is 38.8. The zero-order valence-corrected chi connectivity index (χ0v) is 28.6. The maximum Gasteiger partial charge on any atom is 0.305 e. The molecule has 0 spiro atoms. The summed E-state index contributed by atoms with van der Waals surface area (Å²) < 4.78 is 0. The molecule has 1 aliphatic heterocycles. The van der Waals surface area contributed by atoms with Gasteiger partial charge in [-0.05, 0) is 18.4 Å². The number of nitrogens with zero attached hydrogens (tertiary/aromatic N) is 1. The highest BCUT2D eigenvalue weighted by Gasteiger charge is 2.33. The lowest BCUT2D eigenvalue weighted by molar-refractivity contribution is -0.143. The number of thiol groups is 1. The van der Waals surface area contributed by atoms with Crippen molar-refractivity contribution < 1.29 is 53.4 Å². The van der Waals surface area contributed by atoms with Crippen molar-refractivity contribution in [2.24, 2.45) is 16.5 Å². The van der Waals surface area contributed by atoms with E-state index in [2.05, 4.69) is 54.8 Å². The summed E-state index contributed by atoms with van der Waals surface area (Å²) in [5.41, 5.74) is 11.2. The lowest BCUT2D eigenvalue weighted by atomic mass is 10.0. The van der Waals surface area contributed by atoms with Gasteiger partial charge < -0.3 is 58.9 Å². The highest BCUT2D eigenvalue weighted by Crippen LogP contribution is 2.07. The highest BCUT2D eigenvalue weighted by molar-refractivity contribution is 7.80. The van der Waals surface area contributed by atoms with Crippen molar-refractivity contribution in [1.29, 1.82) is 0 Å². The first kappa shape index (κ1) is 42.2. The topological polar surface area (TPSA) is 343 Å². The Morgan fingerprint density at radius 1 is 0.673 bits per heavy atom. The Morgan fingerprint density at radius 3 is 1.65 bits per heavy atom. The number of carbonyl (C=O) groups excluding carboxylic acids is 7. The fourth-order valence-electron chi connectivity index (χ4n) is 4.68. The van der Waals surface area contributed by atoms with Gasteiger partial charge in [0.1, 0.15) is 30.2 Å². The van der Waals surface area contributed by atoms with Gasteiger partial charge in [0.15, 0.2) is 5.96 Å². The lowest BCUT2D eigenvalue weighted by Crippen LogP contribution is -2.59. The van der Waals surface area contributed by atoms with Crippen LogP contribution in [0.4, 0.5) is 0 Å². The summed E-state index contributed by atoms with van der Waals surface area (Å²) in [6.07, 6.45) is -2.06. The molecule has 1 saturated heterocycles. The van der Waals surface area contributed by atoms with Crippen molar-refractivity contribution in [1.82, 2.24) is 37.2 Å². The molecule has 0 unspecified atom stereocenters. The minimum Gasteiger partial charge on any atom is -0.481 e. The Bertz CT molecular complexity index is 1520. The summed E-state index contributed by atoms with van der Waals surface area (Å²) in [4.78, 5) is 119. The lowest BCUT2D eigenvalue weighted by Gasteiger charge is -2.25. The van der Waals surface area contributed by atoms with E-state index in [9.17, 15) is 53.4 Å². The highest BCUT2D eigenvalue weighted by atomic mass is 32.1. The first-order chi connectivity index (χ1) is 24.6. The summed E-state index contributed by atoms with van der Waals surface area (Å²) in [6, 6.07) is 0.435. The molecule has 7 amide bonds. The van der Waals surface area contributed by atoms with Crippen LogP contribution in [0.25, 0.3) is 0 Å². The fraction of sp³-hybridized carbons (Fsp3) is 0.467. The smallest absolute Gasteiger partial charge is 0.305 e. The van der Waals surface area contributed by atoms with Gasteiger partial charge in [0.05, 0.1) is 25.9 Å². The number of aliphatic imine (C=N–C) groups is 1. The molecular weight excluding hydrogens is 708 g/mol. The molecule has 22 heteroatoms. The second kappa shape index (κ2) is 21.3. The molecule has 1 aromatic rings. The molecule has 0 aliphatic carbocycles. The van der Waals surface area contributed by atoms with Crippen LogP contribution in [0.5, 0.6) is 0 Å². The van der Waals surface area contributed by atoms with Crippen LogP contribution in [0.1, 0.15) is 31.2 Å². The van der Waals surface area contributed by atoms with Gasteiger partial charge in [-0.15, -0.1) is 0 Å². The number of aliphatic carboxylic acids is 2. The van der Waals surface area contributed by atoms with Gasteiger partial charge in [-0.3, -0.25) is 48.1 Å². The number of hydrogen-bond acceptors (Lipinski definition) is 11. The third kappa shape index (κ3) is 15.3. The second-order valence-corrected chi connectivity index (χ2v) is 11.7. The number of guanidine groups is 1. The van der Waals surface area contributed by atoms with Crippen LogP contribution >= 0.6 is 12.6 Å². The van der Waals surface area contributed by atoms with Crippen molar-refractivity contribution in [2.45, 2.75) is 62.3 Å². The molecule has 0 aromatic heterocycles. The van der Waals surface area contributed by atoms with Crippen LogP contribution in [-0.4, -0.2) is 125 Å². The minimum atomic E-state index is -1.88. The molecule has 13 N–H and O–H groups in total. The Hall–Kier alpha value is -5.93. The number of carbonyl (C=O) groups is 9. The maximum atomic E-state index is 13.5. The Morgan fingerprint density at radius 2 is 1.13 bits per heavy atom. The van der Waals surface area contributed by atoms with Crippen LogP contribution in [0.3, 0.4) is 0 Å². The molecule has 1 heterocycles. The molecule has 52 heavy (non-hydrogen) atoms. The van der Waals surface area contributed by atoms with Crippen molar-refractivity contribution in [3.8, 4) is 0 Å². The van der Waals surface area contributed by atoms with Gasteiger partial charge in [-0.2, -0.15) is 12.6 Å². The molecule has 0 radical (unpaired) electrons. The second-order valence-electron chi connectivity index (χ2n) is 11.4. The van der Waals surface area contributed by atoms with Crippen LogP contribution in [0.2, 0.25) is 0 Å². The standard InChI is InChI=1S/C30H42N10O11S/c31-30(32)33-8-4-7-16-25(47)34-13-22(42)37-18(10-23(43)44)28(50)39-19(11-24(45)46)29(51)38-17(9-15-5-2-1-3-6-15)27(49)40-20(14-52)26(48)35-12-21(41)36-16/h1-3,5-6,16-20,52H,4,7-14H2,(H,34,47)(H,35,48)(H,36,41)(H,37,42)(H,38,51)(H,39,50)(H,40,49)(H,43,44)(H,45,46)(H4,31,32,33)/t16-,17-,18-,19-,20-/m0/s1. The third-order valence-corrected chi connectivity index (χ3v) is 7.58. The Kier molecular flexibility index (Phi) is 17.3. The summed E-state index contributed by atoms with van der Waals surface area (Å²) in [6.45, 7) is -1.40. The van der Waals surface area contributed by atoms with Crippen LogP contribution in [0, 0.1) is 0 Å². The molecule has 1 aliphatic rings. The normalized spacial score (nSPS) is 22.8. The number of nitrogens with two attached hydrogens (primary N) is 2. The molecule has 5 atom stereocenters. The van der Waals surface area contributed by atoms with E-state index >= 15 is 0 Å². The average Bonchev–Trinajstić information content (AvgIpc) is 3.08. The first-order valence-electron chi connectivity index (χ1n) is 15.8. The Labute approximate surface area is 302 Å². The summed E-state index contributed by atoms with van der Waals surface area (Å²) in [5.74, 6) is -10.6. The van der Waals surface area contributed by atoms with E-state index in [1.807, 2.05) is 0 Å². The molecule has 2 rings (SSSR count). The molecule has 0 bridgehead atoms. The number of hydrogen-bond donors (Lipinski definition) is 12. The molecule has 284 valence electrons. The fourth-order valence-corrected chi connectivity index (χ4v) is 4.94. The molecule has 1 aromatic carbocycles. The van der Waals surface area contributed by atoms with Crippen molar-refractivity contribution in [3.63, 3.8) is 0 Å². The van der Waals surface area contributed by atoms with E-state index in [1.165, 1.54) is 0 Å². The third-order valence-electron chi connectivity index (χ3n) is 7.22. The SMILES string of the molecule is NC(N)=NCCC[C@@H]1NC(=O)CNC(=O)[C@H](CS)NC(=O)[C@H](Cc2ccccc2)NC(=O)[C@H](CC(=O)O)NC(=O)[C@H](CC(=O)O)NC(=O)CNC1=O. The first-order valence-corrected chi connectivity index (χ1v) is 16.4. The van der Waals surface area contributed by atoms with Gasteiger partial charge in [-0.25, -0.2) is 0 Å². The number of nitrogens with one attached hydrogen (secondary N) is 7. The number of benzene rings is 1. The Balaban J connectivity index is 2.49. The largest absolute Gasteiger partial charge is 0.481 e. The predicted octanol–water partition coefficient (Wildman–Crippen LogP) is -5.17. The molecule has 21 nitrogen and oxygen atoms in total. The zero-order valence-electron chi connectivity index (χ0n) is 27.8. The number of rotatable bonds is 11. The van der Waals surface area contributed by atoms with E-state index in [0.717, 1.165) is 0 Å². The van der Waals surface area contributed by atoms with E-state index in [1.54, 1.807) is 30.3 Å². The maximum absolute atomic E-state index is 13.5. The molecule has 0 saturated carbocycles. The molecule has 1 fully saturated rings.